The quantitative estimate of drug-likeness (QED) is 0.589. The smallest absolute Gasteiger partial charge is 0.0587 e. The Labute approximate surface area is 155 Å². The van der Waals surface area contributed by atoms with Crippen molar-refractivity contribution in [3.63, 3.8) is 0 Å². The van der Waals surface area contributed by atoms with Gasteiger partial charge in [-0.2, -0.15) is 5.26 Å². The zero-order valence-corrected chi connectivity index (χ0v) is 16.3. The van der Waals surface area contributed by atoms with Crippen molar-refractivity contribution in [3.8, 4) is 6.07 Å². The van der Waals surface area contributed by atoms with E-state index in [0.717, 1.165) is 32.8 Å². The van der Waals surface area contributed by atoms with Crippen LogP contribution in [0.15, 0.2) is 43.5 Å². The van der Waals surface area contributed by atoms with Gasteiger partial charge in [0, 0.05) is 33.4 Å². The summed E-state index contributed by atoms with van der Waals surface area (Å²) in [6, 6.07) is 12.2. The molecule has 2 fully saturated rings. The summed E-state index contributed by atoms with van der Waals surface area (Å²) in [5.74, 6) is 0. The lowest BCUT2D eigenvalue weighted by molar-refractivity contribution is 0.0967. The Morgan fingerprint density at radius 3 is 1.36 bits per heavy atom. The van der Waals surface area contributed by atoms with Gasteiger partial charge in [0.2, 0.25) is 0 Å². The van der Waals surface area contributed by atoms with E-state index < -0.39 is 0 Å². The number of nitriles is 1. The fourth-order valence-electron chi connectivity index (χ4n) is 2.09. The Morgan fingerprint density at radius 1 is 0.840 bits per heavy atom. The van der Waals surface area contributed by atoms with Crippen molar-refractivity contribution in [2.24, 2.45) is 0 Å². The fraction of sp³-hybridized carbons (Fsp3) is 0.591. The predicted octanol–water partition coefficient (Wildman–Crippen LogP) is 5.95. The highest BCUT2D eigenvalue weighted by Gasteiger charge is 1.95. The van der Waals surface area contributed by atoms with Crippen LogP contribution in [0.3, 0.4) is 0 Å². The van der Waals surface area contributed by atoms with Gasteiger partial charge in [0.15, 0.2) is 0 Å². The van der Waals surface area contributed by atoms with Crippen LogP contribution in [-0.4, -0.2) is 26.4 Å². The van der Waals surface area contributed by atoms with Gasteiger partial charge < -0.3 is 9.47 Å². The molecule has 3 heteroatoms. The summed E-state index contributed by atoms with van der Waals surface area (Å²) in [6.07, 6.45) is 9.00. The molecule has 0 saturated carbocycles. The van der Waals surface area contributed by atoms with Gasteiger partial charge >= 0.3 is 0 Å². The second-order valence-electron chi connectivity index (χ2n) is 5.41. The maximum atomic E-state index is 7.32. The molecule has 0 amide bonds. The van der Waals surface area contributed by atoms with Crippen LogP contribution in [0.4, 0.5) is 0 Å². The average molecular weight is 348 g/mol. The molecule has 142 valence electrons. The lowest BCUT2D eigenvalue weighted by Gasteiger charge is -2.08. The molecule has 3 nitrogen and oxygen atoms in total. The zero-order chi connectivity index (χ0) is 19.0. The normalized spacial score (nSPS) is 14.9. The molecular formula is C22H37NO2. The lowest BCUT2D eigenvalue weighted by Crippen LogP contribution is -2.03. The molecule has 0 aliphatic carbocycles. The first-order chi connectivity index (χ1) is 12.3. The molecule has 0 N–H and O–H groups in total. The van der Waals surface area contributed by atoms with E-state index in [9.17, 15) is 0 Å². The van der Waals surface area contributed by atoms with Crippen LogP contribution >= 0.6 is 0 Å². The van der Waals surface area contributed by atoms with Gasteiger partial charge in [0.05, 0.1) is 6.07 Å². The molecule has 1 aromatic rings. The van der Waals surface area contributed by atoms with Crippen LogP contribution in [0, 0.1) is 11.3 Å². The number of nitrogens with zero attached hydrogens (tertiary/aromatic N) is 1. The molecule has 1 aromatic carbocycles. The van der Waals surface area contributed by atoms with Crippen LogP contribution in [0.1, 0.15) is 57.9 Å². The fourth-order valence-corrected chi connectivity index (χ4v) is 2.09. The number of ether oxygens (including phenoxy) is 2. The molecule has 2 saturated heterocycles. The maximum absolute atomic E-state index is 7.32. The third kappa shape index (κ3) is 22.4. The Hall–Kier alpha value is -1.63. The number of aryl methyl sites for hydroxylation is 1. The monoisotopic (exact) mass is 347 g/mol. The Balaban J connectivity index is 0. The minimum Gasteiger partial charge on any atom is -0.381 e. The van der Waals surface area contributed by atoms with Crippen molar-refractivity contribution in [1.82, 2.24) is 0 Å². The molecule has 0 unspecified atom stereocenters. The van der Waals surface area contributed by atoms with Crippen molar-refractivity contribution in [1.29, 1.82) is 5.26 Å². The van der Waals surface area contributed by atoms with E-state index in [-0.39, 0.29) is 0 Å². The first kappa shape index (κ1) is 25.6. The molecule has 3 rings (SSSR count). The summed E-state index contributed by atoms with van der Waals surface area (Å²) in [7, 11) is 0. The number of hydrogen-bond acceptors (Lipinski definition) is 3. The second kappa shape index (κ2) is 24.6. The standard InChI is InChI=1S/C8H10.2C5H10O.C2H3N.C2H4/c1-2-8-6-4-3-5-7-8;2*1-2-4-6-5-3-1;1-2-3;1-2/h3-7H,2H2,1H3;2*1-5H2;1H3;1-2H2. The Kier molecular flexibility index (Phi) is 25.2. The largest absolute Gasteiger partial charge is 0.381 e. The van der Waals surface area contributed by atoms with E-state index in [0.29, 0.717) is 0 Å². The highest BCUT2D eigenvalue weighted by Crippen LogP contribution is 2.02. The summed E-state index contributed by atoms with van der Waals surface area (Å²) in [6.45, 7) is 13.6. The Morgan fingerprint density at radius 2 is 1.20 bits per heavy atom. The number of benzene rings is 1. The van der Waals surface area contributed by atoms with Gasteiger partial charge in [-0.15, -0.1) is 13.2 Å². The molecule has 2 aliphatic heterocycles. The van der Waals surface area contributed by atoms with Gasteiger partial charge in [-0.3, -0.25) is 0 Å². The third-order valence-corrected chi connectivity index (χ3v) is 3.41. The van der Waals surface area contributed by atoms with Crippen LogP contribution in [0.2, 0.25) is 0 Å². The molecule has 0 bridgehead atoms. The number of hydrogen-bond donors (Lipinski definition) is 0. The van der Waals surface area contributed by atoms with Gasteiger partial charge in [-0.05, 0) is 50.5 Å². The van der Waals surface area contributed by atoms with Gasteiger partial charge in [0.25, 0.3) is 0 Å². The van der Waals surface area contributed by atoms with Crippen LogP contribution in [0.25, 0.3) is 0 Å². The summed E-state index contributed by atoms with van der Waals surface area (Å²) >= 11 is 0. The SMILES string of the molecule is C1CCOCC1.C1CCOCC1.C=C.CC#N.CCc1ccccc1. The van der Waals surface area contributed by atoms with E-state index in [1.807, 2.05) is 6.07 Å². The van der Waals surface area contributed by atoms with Gasteiger partial charge in [-0.1, -0.05) is 37.3 Å². The lowest BCUT2D eigenvalue weighted by atomic mass is 10.2. The van der Waals surface area contributed by atoms with Crippen LogP contribution in [-0.2, 0) is 15.9 Å². The first-order valence-electron chi connectivity index (χ1n) is 9.35. The molecule has 2 heterocycles. The van der Waals surface area contributed by atoms with E-state index >= 15 is 0 Å². The molecule has 0 atom stereocenters. The predicted molar refractivity (Wildman–Crippen MR) is 108 cm³/mol. The van der Waals surface area contributed by atoms with E-state index in [1.165, 1.54) is 51.0 Å². The zero-order valence-electron chi connectivity index (χ0n) is 16.3. The summed E-state index contributed by atoms with van der Waals surface area (Å²) in [4.78, 5) is 0. The molecule has 25 heavy (non-hydrogen) atoms. The van der Waals surface area contributed by atoms with Crippen molar-refractivity contribution in [2.75, 3.05) is 26.4 Å². The molecule has 0 aromatic heterocycles. The van der Waals surface area contributed by atoms with E-state index in [4.69, 9.17) is 14.7 Å². The second-order valence-corrected chi connectivity index (χ2v) is 5.41. The average Bonchev–Trinajstić information content (AvgIpc) is 2.74. The van der Waals surface area contributed by atoms with Crippen molar-refractivity contribution < 1.29 is 9.47 Å². The highest BCUT2D eigenvalue weighted by atomic mass is 16.5. The van der Waals surface area contributed by atoms with Crippen molar-refractivity contribution >= 4 is 0 Å². The summed E-state index contributed by atoms with van der Waals surface area (Å²) in [5.41, 5.74) is 1.41. The van der Waals surface area contributed by atoms with Crippen LogP contribution < -0.4 is 0 Å². The van der Waals surface area contributed by atoms with E-state index in [2.05, 4.69) is 44.3 Å². The summed E-state index contributed by atoms with van der Waals surface area (Å²) < 4.78 is 10.1. The summed E-state index contributed by atoms with van der Waals surface area (Å²) in [5, 5.41) is 7.32. The minimum absolute atomic E-state index is 1.00. The minimum atomic E-state index is 1.00. The maximum Gasteiger partial charge on any atom is 0.0587 e. The molecule has 2 aliphatic rings. The topological polar surface area (TPSA) is 42.2 Å². The van der Waals surface area contributed by atoms with Gasteiger partial charge in [0.1, 0.15) is 0 Å². The third-order valence-electron chi connectivity index (χ3n) is 3.41. The molecule has 0 spiro atoms. The first-order valence-corrected chi connectivity index (χ1v) is 9.35. The molecular weight excluding hydrogens is 310 g/mol. The number of rotatable bonds is 1. The van der Waals surface area contributed by atoms with Gasteiger partial charge in [-0.25, -0.2) is 0 Å². The van der Waals surface area contributed by atoms with Crippen LogP contribution in [0.5, 0.6) is 0 Å². The Bertz CT molecular complexity index is 344. The van der Waals surface area contributed by atoms with E-state index in [1.54, 1.807) is 6.07 Å². The van der Waals surface area contributed by atoms with Crippen molar-refractivity contribution in [3.05, 3.63) is 49.1 Å². The highest BCUT2D eigenvalue weighted by molar-refractivity contribution is 5.13. The molecule has 0 radical (unpaired) electrons. The van der Waals surface area contributed by atoms with Crippen molar-refractivity contribution in [2.45, 2.75) is 58.8 Å².